The number of carbonyl (C=O) groups excluding carboxylic acids is 2. The minimum absolute atomic E-state index is 0.0695. The van der Waals surface area contributed by atoms with Crippen LogP contribution in [0.15, 0.2) is 36.4 Å². The van der Waals surface area contributed by atoms with Crippen molar-refractivity contribution in [2.45, 2.75) is 6.92 Å². The van der Waals surface area contributed by atoms with E-state index in [2.05, 4.69) is 10.9 Å². The Morgan fingerprint density at radius 1 is 1.08 bits per heavy atom. The third-order valence-corrected chi connectivity index (χ3v) is 3.28. The van der Waals surface area contributed by atoms with E-state index in [-0.39, 0.29) is 17.9 Å². The second kappa shape index (κ2) is 7.56. The zero-order valence-corrected chi connectivity index (χ0v) is 13.4. The van der Waals surface area contributed by atoms with E-state index in [0.29, 0.717) is 10.8 Å². The average Bonchev–Trinajstić information content (AvgIpc) is 2.54. The molecule has 0 bridgehead atoms. The molecule has 0 aliphatic heterocycles. The normalized spacial score (nSPS) is 10.1. The van der Waals surface area contributed by atoms with Crippen LogP contribution in [-0.4, -0.2) is 28.6 Å². The lowest BCUT2D eigenvalue weighted by Crippen LogP contribution is -2.43. The van der Waals surface area contributed by atoms with Crippen LogP contribution in [0.2, 0.25) is 5.02 Å². The maximum atomic E-state index is 11.8. The van der Waals surface area contributed by atoms with E-state index >= 15 is 0 Å². The Morgan fingerprint density at radius 2 is 1.83 bits per heavy atom. The van der Waals surface area contributed by atoms with Gasteiger partial charge in [-0.05, 0) is 48.9 Å². The van der Waals surface area contributed by atoms with E-state index in [4.69, 9.17) is 16.3 Å². The van der Waals surface area contributed by atoms with Gasteiger partial charge in [-0.15, -0.1) is 0 Å². The number of hydrogen-bond acceptors (Lipinski definition) is 5. The van der Waals surface area contributed by atoms with E-state index in [1.165, 1.54) is 12.1 Å². The minimum atomic E-state index is -0.652. The number of aromatic hydroxyl groups is 2. The molecule has 2 amide bonds. The summed E-state index contributed by atoms with van der Waals surface area (Å²) < 4.78 is 5.33. The van der Waals surface area contributed by atoms with Crippen LogP contribution >= 0.6 is 11.6 Å². The first kappa shape index (κ1) is 17.4. The summed E-state index contributed by atoms with van der Waals surface area (Å²) in [5.74, 6) is -1.50. The summed E-state index contributed by atoms with van der Waals surface area (Å²) in [6.07, 6.45) is 0. The molecule has 8 heteroatoms. The van der Waals surface area contributed by atoms with Crippen molar-refractivity contribution in [3.8, 4) is 17.2 Å². The number of rotatable bonds is 4. The molecule has 0 fully saturated rings. The van der Waals surface area contributed by atoms with Crippen molar-refractivity contribution in [1.29, 1.82) is 0 Å². The van der Waals surface area contributed by atoms with Gasteiger partial charge < -0.3 is 14.9 Å². The first-order valence-corrected chi connectivity index (χ1v) is 7.24. The van der Waals surface area contributed by atoms with E-state index in [1.807, 2.05) is 0 Å². The molecule has 0 aliphatic carbocycles. The number of ether oxygens (including phenoxy) is 1. The second-order valence-electron chi connectivity index (χ2n) is 4.90. The molecule has 4 N–H and O–H groups in total. The fourth-order valence-electron chi connectivity index (χ4n) is 1.82. The number of phenols is 2. The standard InChI is InChI=1S/C16H15ClN2O5/c1-9-6-11(17)3-5-14(9)24-8-15(22)18-19-16(23)10-2-4-12(20)13(21)7-10/h2-7,20-21H,8H2,1H3,(H,18,22)(H,19,23). The van der Waals surface area contributed by atoms with Crippen LogP contribution in [0.1, 0.15) is 15.9 Å². The number of hydrogen-bond donors (Lipinski definition) is 4. The van der Waals surface area contributed by atoms with Gasteiger partial charge in [0.05, 0.1) is 0 Å². The van der Waals surface area contributed by atoms with Crippen molar-refractivity contribution < 1.29 is 24.5 Å². The molecule has 2 aromatic rings. The summed E-state index contributed by atoms with van der Waals surface area (Å²) in [5.41, 5.74) is 5.20. The summed E-state index contributed by atoms with van der Waals surface area (Å²) in [5, 5.41) is 19.1. The number of nitrogens with one attached hydrogen (secondary N) is 2. The Kier molecular flexibility index (Phi) is 5.49. The number of amides is 2. The fraction of sp³-hybridized carbons (Fsp3) is 0.125. The molecule has 24 heavy (non-hydrogen) atoms. The molecule has 0 aromatic heterocycles. The van der Waals surface area contributed by atoms with Gasteiger partial charge in [-0.2, -0.15) is 0 Å². The highest BCUT2D eigenvalue weighted by atomic mass is 35.5. The summed E-state index contributed by atoms with van der Waals surface area (Å²) >= 11 is 5.83. The largest absolute Gasteiger partial charge is 0.504 e. The SMILES string of the molecule is Cc1cc(Cl)ccc1OCC(=O)NNC(=O)c1ccc(O)c(O)c1. The number of hydrazine groups is 1. The molecule has 2 aromatic carbocycles. The molecule has 0 spiro atoms. The first-order chi connectivity index (χ1) is 11.4. The van der Waals surface area contributed by atoms with Crippen molar-refractivity contribution in [2.75, 3.05) is 6.61 Å². The monoisotopic (exact) mass is 350 g/mol. The van der Waals surface area contributed by atoms with Gasteiger partial charge in [0.25, 0.3) is 11.8 Å². The predicted molar refractivity (Wildman–Crippen MR) is 87.1 cm³/mol. The van der Waals surface area contributed by atoms with E-state index in [1.54, 1.807) is 25.1 Å². The zero-order valence-electron chi connectivity index (χ0n) is 12.7. The molecular weight excluding hydrogens is 336 g/mol. The Morgan fingerprint density at radius 3 is 2.50 bits per heavy atom. The summed E-state index contributed by atoms with van der Waals surface area (Å²) in [7, 11) is 0. The Balaban J connectivity index is 1.84. The van der Waals surface area contributed by atoms with Crippen molar-refractivity contribution >= 4 is 23.4 Å². The van der Waals surface area contributed by atoms with Gasteiger partial charge >= 0.3 is 0 Å². The molecule has 0 atom stereocenters. The molecular formula is C16H15ClN2O5. The fourth-order valence-corrected chi connectivity index (χ4v) is 2.04. The first-order valence-electron chi connectivity index (χ1n) is 6.87. The van der Waals surface area contributed by atoms with Crippen LogP contribution in [0.3, 0.4) is 0 Å². The number of phenolic OH excluding ortho intramolecular Hbond substituents is 2. The third kappa shape index (κ3) is 4.53. The van der Waals surface area contributed by atoms with Crippen LogP contribution in [0.25, 0.3) is 0 Å². The number of halogens is 1. The van der Waals surface area contributed by atoms with Gasteiger partial charge in [0.15, 0.2) is 18.1 Å². The highest BCUT2D eigenvalue weighted by molar-refractivity contribution is 6.30. The van der Waals surface area contributed by atoms with Crippen molar-refractivity contribution in [1.82, 2.24) is 10.9 Å². The molecule has 2 rings (SSSR count). The van der Waals surface area contributed by atoms with Crippen LogP contribution in [0.5, 0.6) is 17.2 Å². The average molecular weight is 351 g/mol. The molecule has 0 saturated heterocycles. The molecule has 0 saturated carbocycles. The lowest BCUT2D eigenvalue weighted by Gasteiger charge is -2.11. The van der Waals surface area contributed by atoms with Gasteiger partial charge in [0.2, 0.25) is 0 Å². The molecule has 126 valence electrons. The van der Waals surface area contributed by atoms with Crippen LogP contribution in [0, 0.1) is 6.92 Å². The van der Waals surface area contributed by atoms with Gasteiger partial charge in [0, 0.05) is 10.6 Å². The summed E-state index contributed by atoms with van der Waals surface area (Å²) in [6, 6.07) is 8.52. The van der Waals surface area contributed by atoms with Crippen molar-refractivity contribution in [2.24, 2.45) is 0 Å². The topological polar surface area (TPSA) is 108 Å². The number of aryl methyl sites for hydroxylation is 1. The minimum Gasteiger partial charge on any atom is -0.504 e. The number of benzene rings is 2. The van der Waals surface area contributed by atoms with Gasteiger partial charge in [-0.25, -0.2) is 0 Å². The number of carbonyl (C=O) groups is 2. The van der Waals surface area contributed by atoms with E-state index < -0.39 is 17.6 Å². The van der Waals surface area contributed by atoms with Gasteiger partial charge in [0.1, 0.15) is 5.75 Å². The third-order valence-electron chi connectivity index (χ3n) is 3.05. The van der Waals surface area contributed by atoms with Crippen LogP contribution < -0.4 is 15.6 Å². The van der Waals surface area contributed by atoms with E-state index in [0.717, 1.165) is 11.6 Å². The Labute approximate surface area is 142 Å². The van der Waals surface area contributed by atoms with Crippen LogP contribution in [0.4, 0.5) is 0 Å². The zero-order chi connectivity index (χ0) is 17.7. The predicted octanol–water partition coefficient (Wildman–Crippen LogP) is 1.90. The maximum Gasteiger partial charge on any atom is 0.276 e. The second-order valence-corrected chi connectivity index (χ2v) is 5.34. The Bertz CT molecular complexity index is 779. The lowest BCUT2D eigenvalue weighted by molar-refractivity contribution is -0.123. The van der Waals surface area contributed by atoms with Gasteiger partial charge in [-0.1, -0.05) is 11.6 Å². The molecule has 0 heterocycles. The van der Waals surface area contributed by atoms with Crippen molar-refractivity contribution in [3.63, 3.8) is 0 Å². The van der Waals surface area contributed by atoms with Gasteiger partial charge in [-0.3, -0.25) is 20.4 Å². The van der Waals surface area contributed by atoms with Crippen LogP contribution in [-0.2, 0) is 4.79 Å². The summed E-state index contributed by atoms with van der Waals surface area (Å²) in [4.78, 5) is 23.5. The highest BCUT2D eigenvalue weighted by Gasteiger charge is 2.11. The van der Waals surface area contributed by atoms with Crippen molar-refractivity contribution in [3.05, 3.63) is 52.5 Å². The summed E-state index contributed by atoms with van der Waals surface area (Å²) in [6.45, 7) is 1.49. The molecule has 7 nitrogen and oxygen atoms in total. The molecule has 0 unspecified atom stereocenters. The lowest BCUT2D eigenvalue weighted by atomic mass is 10.2. The highest BCUT2D eigenvalue weighted by Crippen LogP contribution is 2.24. The molecule has 0 radical (unpaired) electrons. The smallest absolute Gasteiger partial charge is 0.276 e. The quantitative estimate of drug-likeness (QED) is 0.497. The maximum absolute atomic E-state index is 11.8. The Hall–Kier alpha value is -2.93. The molecule has 0 aliphatic rings. The van der Waals surface area contributed by atoms with E-state index in [9.17, 15) is 19.8 Å².